The molecule has 0 saturated carbocycles. The van der Waals surface area contributed by atoms with E-state index >= 15 is 0 Å². The van der Waals surface area contributed by atoms with Crippen LogP contribution >= 0.6 is 27.7 Å². The van der Waals surface area contributed by atoms with E-state index in [1.807, 2.05) is 0 Å². The molecule has 0 aromatic carbocycles. The number of carbonyl (C=O) groups is 1. The van der Waals surface area contributed by atoms with Crippen LogP contribution in [0.5, 0.6) is 0 Å². The monoisotopic (exact) mass is 275 g/mol. The summed E-state index contributed by atoms with van der Waals surface area (Å²) >= 11 is 5.08. The quantitative estimate of drug-likeness (QED) is 0.838. The molecule has 3 nitrogen and oxygen atoms in total. The highest BCUT2D eigenvalue weighted by molar-refractivity contribution is 9.10. The summed E-state index contributed by atoms with van der Waals surface area (Å²) in [6.07, 6.45) is 1.52. The van der Waals surface area contributed by atoms with Crippen molar-refractivity contribution in [2.75, 3.05) is 18.1 Å². The van der Waals surface area contributed by atoms with Crippen LogP contribution in [0.15, 0.2) is 21.2 Å². The van der Waals surface area contributed by atoms with Crippen LogP contribution in [0.25, 0.3) is 0 Å². The predicted octanol–water partition coefficient (Wildman–Crippen LogP) is 1.93. The number of hydrogen-bond donors (Lipinski definition) is 1. The second kappa shape index (κ2) is 4.51. The first-order valence-electron chi connectivity index (χ1n) is 4.37. The molecule has 2 rings (SSSR count). The maximum absolute atomic E-state index is 11.9. The molecule has 2 heterocycles. The SMILES string of the molecule is O=C(c1occc1Br)C1CSCCN1. The fourth-order valence-corrected chi connectivity index (χ4v) is 2.69. The van der Waals surface area contributed by atoms with Gasteiger partial charge in [-0.25, -0.2) is 0 Å². The minimum absolute atomic E-state index is 0.0362. The summed E-state index contributed by atoms with van der Waals surface area (Å²) in [6.45, 7) is 0.888. The Balaban J connectivity index is 2.11. The highest BCUT2D eigenvalue weighted by Gasteiger charge is 2.25. The van der Waals surface area contributed by atoms with E-state index < -0.39 is 0 Å². The predicted molar refractivity (Wildman–Crippen MR) is 59.9 cm³/mol. The molecule has 1 aromatic rings. The molecule has 1 saturated heterocycles. The van der Waals surface area contributed by atoms with Gasteiger partial charge in [0.25, 0.3) is 0 Å². The number of thioether (sulfide) groups is 1. The van der Waals surface area contributed by atoms with Gasteiger partial charge in [0.05, 0.1) is 16.8 Å². The Hall–Kier alpha value is -0.260. The van der Waals surface area contributed by atoms with Gasteiger partial charge in [0.1, 0.15) is 0 Å². The van der Waals surface area contributed by atoms with Crippen molar-refractivity contribution in [3.05, 3.63) is 22.6 Å². The van der Waals surface area contributed by atoms with Crippen molar-refractivity contribution in [2.45, 2.75) is 6.04 Å². The van der Waals surface area contributed by atoms with Crippen LogP contribution in [0.3, 0.4) is 0 Å². The van der Waals surface area contributed by atoms with Gasteiger partial charge in [-0.15, -0.1) is 0 Å². The standard InChI is InChI=1S/C9H10BrNO2S/c10-6-1-3-13-9(6)8(12)7-5-14-4-2-11-7/h1,3,7,11H,2,4-5H2. The molecular formula is C9H10BrNO2S. The first kappa shape index (κ1) is 10.3. The van der Waals surface area contributed by atoms with Crippen molar-refractivity contribution in [2.24, 2.45) is 0 Å². The minimum atomic E-state index is -0.101. The van der Waals surface area contributed by atoms with E-state index in [-0.39, 0.29) is 11.8 Å². The molecule has 0 bridgehead atoms. The molecule has 1 fully saturated rings. The number of nitrogens with one attached hydrogen (secondary N) is 1. The first-order chi connectivity index (χ1) is 6.79. The average Bonchev–Trinajstić information content (AvgIpc) is 2.65. The van der Waals surface area contributed by atoms with Crippen molar-refractivity contribution in [1.29, 1.82) is 0 Å². The molecule has 0 spiro atoms. The van der Waals surface area contributed by atoms with E-state index in [2.05, 4.69) is 21.2 Å². The highest BCUT2D eigenvalue weighted by atomic mass is 79.9. The number of furan rings is 1. The van der Waals surface area contributed by atoms with Crippen molar-refractivity contribution < 1.29 is 9.21 Å². The van der Waals surface area contributed by atoms with Crippen molar-refractivity contribution in [3.63, 3.8) is 0 Å². The number of carbonyl (C=O) groups excluding carboxylic acids is 1. The van der Waals surface area contributed by atoms with Gasteiger partial charge >= 0.3 is 0 Å². The second-order valence-corrected chi connectivity index (χ2v) is 5.05. The second-order valence-electron chi connectivity index (χ2n) is 3.04. The molecule has 0 amide bonds. The summed E-state index contributed by atoms with van der Waals surface area (Å²) < 4.78 is 5.87. The molecule has 5 heteroatoms. The molecule has 1 atom stereocenters. The molecular weight excluding hydrogens is 266 g/mol. The molecule has 1 aromatic heterocycles. The maximum Gasteiger partial charge on any atom is 0.216 e. The lowest BCUT2D eigenvalue weighted by Gasteiger charge is -2.20. The van der Waals surface area contributed by atoms with E-state index in [9.17, 15) is 4.79 Å². The van der Waals surface area contributed by atoms with Crippen LogP contribution in [-0.2, 0) is 0 Å². The molecule has 76 valence electrons. The van der Waals surface area contributed by atoms with E-state index in [0.29, 0.717) is 5.76 Å². The molecule has 1 aliphatic heterocycles. The number of ketones is 1. The lowest BCUT2D eigenvalue weighted by Crippen LogP contribution is -2.43. The maximum atomic E-state index is 11.9. The molecule has 14 heavy (non-hydrogen) atoms. The van der Waals surface area contributed by atoms with Gasteiger partial charge < -0.3 is 9.73 Å². The number of hydrogen-bond acceptors (Lipinski definition) is 4. The number of halogens is 1. The zero-order chi connectivity index (χ0) is 9.97. The average molecular weight is 276 g/mol. The molecule has 0 aliphatic carbocycles. The molecule has 1 N–H and O–H groups in total. The zero-order valence-corrected chi connectivity index (χ0v) is 9.86. The third kappa shape index (κ3) is 2.04. The summed E-state index contributed by atoms with van der Waals surface area (Å²) in [7, 11) is 0. The lowest BCUT2D eigenvalue weighted by molar-refractivity contribution is 0.0924. The van der Waals surface area contributed by atoms with Crippen molar-refractivity contribution in [3.8, 4) is 0 Å². The molecule has 1 unspecified atom stereocenters. The fraction of sp³-hybridized carbons (Fsp3) is 0.444. The number of Topliss-reactive ketones (excluding diaryl/α,β-unsaturated/α-hetero) is 1. The first-order valence-corrected chi connectivity index (χ1v) is 6.32. The smallest absolute Gasteiger partial charge is 0.216 e. The summed E-state index contributed by atoms with van der Waals surface area (Å²) in [5, 5.41) is 3.18. The normalized spacial score (nSPS) is 22.2. The van der Waals surface area contributed by atoms with Crippen LogP contribution in [-0.4, -0.2) is 29.9 Å². The molecule has 0 radical (unpaired) electrons. The zero-order valence-electron chi connectivity index (χ0n) is 7.46. The summed E-state index contributed by atoms with van der Waals surface area (Å²) in [4.78, 5) is 11.9. The Bertz CT molecular complexity index is 333. The van der Waals surface area contributed by atoms with Gasteiger partial charge in [0, 0.05) is 18.1 Å². The van der Waals surface area contributed by atoms with Crippen molar-refractivity contribution in [1.82, 2.24) is 5.32 Å². The number of rotatable bonds is 2. The van der Waals surface area contributed by atoms with Gasteiger partial charge in [-0.2, -0.15) is 11.8 Å². The Labute approximate surface area is 94.7 Å². The van der Waals surface area contributed by atoms with Crippen LogP contribution < -0.4 is 5.32 Å². The topological polar surface area (TPSA) is 42.2 Å². The summed E-state index contributed by atoms with van der Waals surface area (Å²) in [5.74, 6) is 2.36. The lowest BCUT2D eigenvalue weighted by atomic mass is 10.1. The van der Waals surface area contributed by atoms with Crippen LogP contribution in [0, 0.1) is 0 Å². The third-order valence-electron chi connectivity index (χ3n) is 2.08. The summed E-state index contributed by atoms with van der Waals surface area (Å²) in [6, 6.07) is 1.64. The Morgan fingerprint density at radius 2 is 2.57 bits per heavy atom. The van der Waals surface area contributed by atoms with Gasteiger partial charge in [0.2, 0.25) is 5.78 Å². The minimum Gasteiger partial charge on any atom is -0.460 e. The Kier molecular flexibility index (Phi) is 3.30. The molecule has 1 aliphatic rings. The third-order valence-corrected chi connectivity index (χ3v) is 3.77. The van der Waals surface area contributed by atoms with E-state index in [4.69, 9.17) is 4.42 Å². The largest absolute Gasteiger partial charge is 0.460 e. The van der Waals surface area contributed by atoms with Gasteiger partial charge in [-0.3, -0.25) is 4.79 Å². The Morgan fingerprint density at radius 3 is 3.14 bits per heavy atom. The van der Waals surface area contributed by atoms with Crippen LogP contribution in [0.2, 0.25) is 0 Å². The highest BCUT2D eigenvalue weighted by Crippen LogP contribution is 2.21. The Morgan fingerprint density at radius 1 is 1.71 bits per heavy atom. The van der Waals surface area contributed by atoms with Gasteiger partial charge in [-0.05, 0) is 22.0 Å². The van der Waals surface area contributed by atoms with Gasteiger partial charge in [0.15, 0.2) is 5.76 Å². The van der Waals surface area contributed by atoms with Gasteiger partial charge in [-0.1, -0.05) is 0 Å². The van der Waals surface area contributed by atoms with Crippen LogP contribution in [0.1, 0.15) is 10.6 Å². The fourth-order valence-electron chi connectivity index (χ4n) is 1.36. The van der Waals surface area contributed by atoms with E-state index in [1.165, 1.54) is 6.26 Å². The van der Waals surface area contributed by atoms with E-state index in [1.54, 1.807) is 17.8 Å². The summed E-state index contributed by atoms with van der Waals surface area (Å²) in [5.41, 5.74) is 0. The van der Waals surface area contributed by atoms with Crippen LogP contribution in [0.4, 0.5) is 0 Å². The van der Waals surface area contributed by atoms with Crippen molar-refractivity contribution >= 4 is 33.5 Å². The van der Waals surface area contributed by atoms with E-state index in [0.717, 1.165) is 22.5 Å².